The van der Waals surface area contributed by atoms with Crippen molar-refractivity contribution in [1.29, 1.82) is 0 Å². The highest BCUT2D eigenvalue weighted by atomic mass is 16.5. The number of esters is 1. The molecule has 0 radical (unpaired) electrons. The van der Waals surface area contributed by atoms with E-state index in [9.17, 15) is 9.59 Å². The molecule has 1 unspecified atom stereocenters. The number of hydrogen-bond donors (Lipinski definition) is 0. The fraction of sp³-hybridized carbons (Fsp3) is 0.500. The highest BCUT2D eigenvalue weighted by Gasteiger charge is 2.33. The maximum absolute atomic E-state index is 12.4. The monoisotopic (exact) mass is 273 g/mol. The van der Waals surface area contributed by atoms with Crippen molar-refractivity contribution in [3.63, 3.8) is 0 Å². The van der Waals surface area contributed by atoms with Crippen molar-refractivity contribution in [2.45, 2.75) is 38.2 Å². The maximum atomic E-state index is 12.4. The molecule has 1 atom stereocenters. The number of nitrogens with zero attached hydrogens (tertiary/aromatic N) is 1. The van der Waals surface area contributed by atoms with Crippen LogP contribution in [0.5, 0.6) is 0 Å². The predicted octanol–water partition coefficient (Wildman–Crippen LogP) is 2.69. The highest BCUT2D eigenvalue weighted by molar-refractivity contribution is 5.94. The van der Waals surface area contributed by atoms with E-state index >= 15 is 0 Å². The van der Waals surface area contributed by atoms with Gasteiger partial charge in [-0.1, -0.05) is 31.0 Å². The fourth-order valence-corrected chi connectivity index (χ4v) is 2.98. The van der Waals surface area contributed by atoms with Gasteiger partial charge in [0.05, 0.1) is 12.0 Å². The molecular weight excluding hydrogens is 254 g/mol. The van der Waals surface area contributed by atoms with Crippen LogP contribution < -0.4 is 0 Å². The molecule has 4 heteroatoms. The molecule has 0 N–H and O–H groups in total. The number of likely N-dealkylation sites (tertiary alicyclic amines) is 1. The van der Waals surface area contributed by atoms with Crippen molar-refractivity contribution in [2.24, 2.45) is 0 Å². The number of carbonyl (C=O) groups excluding carboxylic acids is 2. The van der Waals surface area contributed by atoms with E-state index in [1.54, 1.807) is 6.07 Å². The Morgan fingerprint density at radius 3 is 2.60 bits per heavy atom. The molecule has 0 saturated carbocycles. The number of carbonyl (C=O) groups is 2. The zero-order chi connectivity index (χ0) is 13.9. The summed E-state index contributed by atoms with van der Waals surface area (Å²) in [5.41, 5.74) is 1.45. The van der Waals surface area contributed by atoms with Gasteiger partial charge in [-0.15, -0.1) is 0 Å². The smallest absolute Gasteiger partial charge is 0.339 e. The second kappa shape index (κ2) is 5.65. The third-order valence-corrected chi connectivity index (χ3v) is 4.10. The van der Waals surface area contributed by atoms with Crippen LogP contribution in [0, 0.1) is 0 Å². The Kier molecular flexibility index (Phi) is 3.72. The van der Waals surface area contributed by atoms with E-state index in [-0.39, 0.29) is 18.3 Å². The van der Waals surface area contributed by atoms with Crippen LogP contribution in [0.4, 0.5) is 0 Å². The van der Waals surface area contributed by atoms with Gasteiger partial charge in [-0.3, -0.25) is 4.79 Å². The van der Waals surface area contributed by atoms with Gasteiger partial charge < -0.3 is 9.64 Å². The summed E-state index contributed by atoms with van der Waals surface area (Å²) in [6, 6.07) is 7.33. The van der Waals surface area contributed by atoms with Crippen LogP contribution in [0.15, 0.2) is 24.3 Å². The van der Waals surface area contributed by atoms with Gasteiger partial charge in [-0.05, 0) is 18.9 Å². The van der Waals surface area contributed by atoms with E-state index in [0.29, 0.717) is 5.56 Å². The first-order chi connectivity index (χ1) is 9.75. The Morgan fingerprint density at radius 1 is 1.15 bits per heavy atom. The van der Waals surface area contributed by atoms with Gasteiger partial charge in [0, 0.05) is 18.7 Å². The van der Waals surface area contributed by atoms with E-state index in [1.807, 2.05) is 23.1 Å². The van der Waals surface area contributed by atoms with Crippen LogP contribution in [0.25, 0.3) is 0 Å². The van der Waals surface area contributed by atoms with E-state index in [1.165, 1.54) is 12.8 Å². The summed E-state index contributed by atoms with van der Waals surface area (Å²) in [5.74, 6) is -0.212. The van der Waals surface area contributed by atoms with Crippen LogP contribution in [-0.4, -0.2) is 29.9 Å². The molecule has 20 heavy (non-hydrogen) atoms. The van der Waals surface area contributed by atoms with E-state index in [2.05, 4.69) is 0 Å². The zero-order valence-electron chi connectivity index (χ0n) is 11.5. The van der Waals surface area contributed by atoms with Crippen LogP contribution in [0.2, 0.25) is 0 Å². The van der Waals surface area contributed by atoms with Gasteiger partial charge in [0.15, 0.2) is 0 Å². The van der Waals surface area contributed by atoms with Crippen molar-refractivity contribution in [2.75, 3.05) is 13.1 Å². The molecule has 106 valence electrons. The van der Waals surface area contributed by atoms with Crippen LogP contribution in [0.3, 0.4) is 0 Å². The Bertz CT molecular complexity index is 518. The summed E-state index contributed by atoms with van der Waals surface area (Å²) >= 11 is 0. The molecule has 1 saturated heterocycles. The van der Waals surface area contributed by atoms with Gasteiger partial charge >= 0.3 is 5.97 Å². The Hall–Kier alpha value is -1.84. The topological polar surface area (TPSA) is 46.6 Å². The SMILES string of the molecule is O=C1OC(CC(=O)N2CCCCCC2)c2ccccc21. The van der Waals surface area contributed by atoms with Crippen molar-refractivity contribution < 1.29 is 14.3 Å². The fourth-order valence-electron chi connectivity index (χ4n) is 2.98. The standard InChI is InChI=1S/C16H19NO3/c18-15(17-9-5-1-2-6-10-17)11-14-12-7-3-4-8-13(12)16(19)20-14/h3-4,7-8,14H,1-2,5-6,9-11H2. The quantitative estimate of drug-likeness (QED) is 0.778. The van der Waals surface area contributed by atoms with Gasteiger partial charge in [-0.25, -0.2) is 4.79 Å². The molecule has 3 rings (SSSR count). The van der Waals surface area contributed by atoms with Crippen molar-refractivity contribution >= 4 is 11.9 Å². The average Bonchev–Trinajstić information content (AvgIpc) is 2.67. The number of cyclic esters (lactones) is 1. The van der Waals surface area contributed by atoms with Crippen LogP contribution in [-0.2, 0) is 9.53 Å². The summed E-state index contributed by atoms with van der Waals surface area (Å²) in [6.45, 7) is 1.67. The maximum Gasteiger partial charge on any atom is 0.339 e. The molecule has 4 nitrogen and oxygen atoms in total. The molecule has 0 bridgehead atoms. The normalized spacial score (nSPS) is 22.1. The largest absolute Gasteiger partial charge is 0.453 e. The van der Waals surface area contributed by atoms with Crippen LogP contribution >= 0.6 is 0 Å². The molecule has 1 aromatic rings. The summed E-state index contributed by atoms with van der Waals surface area (Å²) in [4.78, 5) is 26.0. The average molecular weight is 273 g/mol. The number of ether oxygens (including phenoxy) is 1. The Labute approximate surface area is 118 Å². The Balaban J connectivity index is 1.69. The first-order valence-corrected chi connectivity index (χ1v) is 7.33. The molecule has 1 amide bonds. The molecule has 0 aliphatic carbocycles. The van der Waals surface area contributed by atoms with Crippen molar-refractivity contribution in [3.8, 4) is 0 Å². The second-order valence-electron chi connectivity index (χ2n) is 5.48. The molecule has 2 aliphatic rings. The molecular formula is C16H19NO3. The summed E-state index contributed by atoms with van der Waals surface area (Å²) in [7, 11) is 0. The lowest BCUT2D eigenvalue weighted by Gasteiger charge is -2.22. The molecule has 0 aromatic heterocycles. The molecule has 1 fully saturated rings. The molecule has 1 aromatic carbocycles. The van der Waals surface area contributed by atoms with Crippen molar-refractivity contribution in [3.05, 3.63) is 35.4 Å². The third-order valence-electron chi connectivity index (χ3n) is 4.10. The predicted molar refractivity (Wildman–Crippen MR) is 74.3 cm³/mol. The number of benzene rings is 1. The minimum atomic E-state index is -0.408. The Morgan fingerprint density at radius 2 is 1.85 bits per heavy atom. The van der Waals surface area contributed by atoms with E-state index in [0.717, 1.165) is 31.5 Å². The van der Waals surface area contributed by atoms with Gasteiger partial charge in [-0.2, -0.15) is 0 Å². The number of rotatable bonds is 2. The minimum Gasteiger partial charge on any atom is -0.453 e. The van der Waals surface area contributed by atoms with Crippen molar-refractivity contribution in [1.82, 2.24) is 4.90 Å². The third kappa shape index (κ3) is 2.55. The number of fused-ring (bicyclic) bond motifs is 1. The van der Waals surface area contributed by atoms with Gasteiger partial charge in [0.1, 0.15) is 6.10 Å². The number of hydrogen-bond acceptors (Lipinski definition) is 3. The number of amides is 1. The summed E-state index contributed by atoms with van der Waals surface area (Å²) in [6.07, 6.45) is 4.41. The zero-order valence-corrected chi connectivity index (χ0v) is 11.5. The summed E-state index contributed by atoms with van der Waals surface area (Å²) < 4.78 is 5.34. The summed E-state index contributed by atoms with van der Waals surface area (Å²) in [5, 5.41) is 0. The van der Waals surface area contributed by atoms with Gasteiger partial charge in [0.25, 0.3) is 0 Å². The van der Waals surface area contributed by atoms with Crippen LogP contribution in [0.1, 0.15) is 54.1 Å². The van der Waals surface area contributed by atoms with E-state index < -0.39 is 6.10 Å². The highest BCUT2D eigenvalue weighted by Crippen LogP contribution is 2.33. The first kappa shape index (κ1) is 13.2. The molecule has 0 spiro atoms. The lowest BCUT2D eigenvalue weighted by molar-refractivity contribution is -0.133. The lowest BCUT2D eigenvalue weighted by atomic mass is 10.0. The first-order valence-electron chi connectivity index (χ1n) is 7.33. The van der Waals surface area contributed by atoms with Gasteiger partial charge in [0.2, 0.25) is 5.91 Å². The molecule has 2 aliphatic heterocycles. The molecule has 2 heterocycles. The second-order valence-corrected chi connectivity index (χ2v) is 5.48. The lowest BCUT2D eigenvalue weighted by Crippen LogP contribution is -2.32. The minimum absolute atomic E-state index is 0.0985. The van der Waals surface area contributed by atoms with E-state index in [4.69, 9.17) is 4.74 Å².